The van der Waals surface area contributed by atoms with Crippen LogP contribution in [0.15, 0.2) is 0 Å². The smallest absolute Gasteiger partial charge is 0.125 e. The summed E-state index contributed by atoms with van der Waals surface area (Å²) in [6.07, 6.45) is -0.166. The van der Waals surface area contributed by atoms with E-state index in [4.69, 9.17) is 0 Å². The Morgan fingerprint density at radius 3 is 2.27 bits per heavy atom. The van der Waals surface area contributed by atoms with Gasteiger partial charge in [-0.3, -0.25) is 4.90 Å². The average Bonchev–Trinajstić information content (AvgIpc) is 2.82. The fourth-order valence-corrected chi connectivity index (χ4v) is 2.50. The Morgan fingerprint density at radius 1 is 1.20 bits per heavy atom. The minimum Gasteiger partial charge on any atom is -0.389 e. The van der Waals surface area contributed by atoms with E-state index in [1.165, 1.54) is 0 Å². The summed E-state index contributed by atoms with van der Waals surface area (Å²) in [6, 6.07) is -0.602. The van der Waals surface area contributed by atoms with Crippen molar-refractivity contribution in [1.82, 2.24) is 10.2 Å². The Hall–Kier alpha value is -0.200. The Labute approximate surface area is 89.7 Å². The molecule has 2 heterocycles. The predicted octanol–water partition coefficient (Wildman–Crippen LogP) is -1.52. The van der Waals surface area contributed by atoms with E-state index in [0.29, 0.717) is 0 Å². The lowest BCUT2D eigenvalue weighted by molar-refractivity contribution is -0.0531. The van der Waals surface area contributed by atoms with E-state index in [1.54, 1.807) is 0 Å². The lowest BCUT2D eigenvalue weighted by atomic mass is 10.1. The van der Waals surface area contributed by atoms with Crippen molar-refractivity contribution in [3.05, 3.63) is 0 Å². The number of rotatable bonds is 2. The van der Waals surface area contributed by atoms with Crippen LogP contribution in [0.3, 0.4) is 0 Å². The van der Waals surface area contributed by atoms with Crippen molar-refractivity contribution in [2.45, 2.75) is 50.3 Å². The highest BCUT2D eigenvalue weighted by Crippen LogP contribution is 2.21. The molecule has 0 radical (unpaired) electrons. The fraction of sp³-hybridized carbons (Fsp3) is 1.00. The van der Waals surface area contributed by atoms with Crippen molar-refractivity contribution in [2.75, 3.05) is 13.1 Å². The first kappa shape index (κ1) is 11.3. The van der Waals surface area contributed by atoms with Crippen LogP contribution in [0.2, 0.25) is 0 Å². The van der Waals surface area contributed by atoms with Crippen LogP contribution in [0.4, 0.5) is 0 Å². The van der Waals surface area contributed by atoms with Crippen LogP contribution in [-0.2, 0) is 0 Å². The second-order valence-corrected chi connectivity index (χ2v) is 4.62. The third-order valence-electron chi connectivity index (χ3n) is 3.52. The molecule has 0 aromatic carbocycles. The van der Waals surface area contributed by atoms with Crippen LogP contribution in [0.25, 0.3) is 0 Å². The second-order valence-electron chi connectivity index (χ2n) is 4.62. The van der Waals surface area contributed by atoms with E-state index >= 15 is 0 Å². The van der Waals surface area contributed by atoms with Gasteiger partial charge >= 0.3 is 0 Å². The summed E-state index contributed by atoms with van der Waals surface area (Å²) < 4.78 is 0. The molecule has 2 aliphatic heterocycles. The highest BCUT2D eigenvalue weighted by atomic mass is 16.3. The van der Waals surface area contributed by atoms with Gasteiger partial charge in [0.05, 0.1) is 12.1 Å². The average molecular weight is 216 g/mol. The molecule has 2 aliphatic rings. The molecular weight excluding hydrogens is 196 g/mol. The van der Waals surface area contributed by atoms with E-state index in [0.717, 1.165) is 25.9 Å². The van der Waals surface area contributed by atoms with Crippen LogP contribution in [0.5, 0.6) is 0 Å². The Kier molecular flexibility index (Phi) is 3.27. The highest BCUT2D eigenvalue weighted by molar-refractivity contribution is 4.99. The normalized spacial score (nSPS) is 44.8. The van der Waals surface area contributed by atoms with E-state index in [1.807, 2.05) is 11.8 Å². The molecule has 5 heteroatoms. The van der Waals surface area contributed by atoms with Crippen LogP contribution >= 0.6 is 0 Å². The molecular formula is C10H20N2O3. The molecule has 1 unspecified atom stereocenters. The molecule has 5 atom stereocenters. The van der Waals surface area contributed by atoms with Gasteiger partial charge in [-0.05, 0) is 19.8 Å². The molecule has 2 rings (SSSR count). The predicted molar refractivity (Wildman–Crippen MR) is 55.2 cm³/mol. The summed E-state index contributed by atoms with van der Waals surface area (Å²) >= 11 is 0. The fourth-order valence-electron chi connectivity index (χ4n) is 2.50. The second kappa shape index (κ2) is 4.35. The molecule has 2 fully saturated rings. The molecule has 0 aromatic heterocycles. The molecule has 0 aromatic rings. The number of aliphatic hydroxyl groups is 3. The van der Waals surface area contributed by atoms with Gasteiger partial charge in [-0.15, -0.1) is 0 Å². The zero-order valence-electron chi connectivity index (χ0n) is 9.00. The maximum atomic E-state index is 10.0. The molecule has 88 valence electrons. The van der Waals surface area contributed by atoms with E-state index in [9.17, 15) is 15.3 Å². The van der Waals surface area contributed by atoms with E-state index in [-0.39, 0.29) is 6.04 Å². The highest BCUT2D eigenvalue weighted by Gasteiger charge is 2.44. The Balaban J connectivity index is 1.98. The summed E-state index contributed by atoms with van der Waals surface area (Å²) in [5.74, 6) is 0. The van der Waals surface area contributed by atoms with E-state index in [2.05, 4.69) is 5.32 Å². The van der Waals surface area contributed by atoms with E-state index < -0.39 is 24.5 Å². The lowest BCUT2D eigenvalue weighted by Crippen LogP contribution is -2.51. The first-order chi connectivity index (χ1) is 7.11. The number of nitrogens with zero attached hydrogens (tertiary/aromatic N) is 1. The van der Waals surface area contributed by atoms with Gasteiger partial charge < -0.3 is 20.6 Å². The van der Waals surface area contributed by atoms with Gasteiger partial charge in [-0.25, -0.2) is 0 Å². The number of hydrogen-bond donors (Lipinski definition) is 4. The first-order valence-electron chi connectivity index (χ1n) is 5.65. The monoisotopic (exact) mass is 216 g/mol. The number of aliphatic hydroxyl groups excluding tert-OH is 3. The molecule has 0 aliphatic carbocycles. The summed E-state index contributed by atoms with van der Waals surface area (Å²) in [4.78, 5) is 1.95. The quantitative estimate of drug-likeness (QED) is 0.451. The van der Waals surface area contributed by atoms with Crippen LogP contribution in [0, 0.1) is 0 Å². The van der Waals surface area contributed by atoms with Crippen molar-refractivity contribution < 1.29 is 15.3 Å². The van der Waals surface area contributed by atoms with Crippen molar-refractivity contribution in [2.24, 2.45) is 0 Å². The SMILES string of the molecule is C[C@H]1N[C@H](C(O)N2CCCC2)[C@H](O)[C@H]1O. The Morgan fingerprint density at radius 2 is 1.80 bits per heavy atom. The molecule has 0 spiro atoms. The third kappa shape index (κ3) is 2.03. The maximum absolute atomic E-state index is 10.0. The standard InChI is InChI=1S/C10H20N2O3/c1-6-8(13)9(14)7(11-6)10(15)12-4-2-3-5-12/h6-11,13-15H,2-5H2,1H3/t6-,7+,8+,9+,10?/m1/s1. The zero-order chi connectivity index (χ0) is 11.0. The number of hydrogen-bond acceptors (Lipinski definition) is 5. The number of likely N-dealkylation sites (tertiary alicyclic amines) is 1. The van der Waals surface area contributed by atoms with Crippen LogP contribution in [-0.4, -0.2) is 63.8 Å². The van der Waals surface area contributed by atoms with Crippen molar-refractivity contribution in [3.8, 4) is 0 Å². The summed E-state index contributed by atoms with van der Waals surface area (Å²) in [7, 11) is 0. The van der Waals surface area contributed by atoms with Gasteiger partial charge in [0.1, 0.15) is 12.3 Å². The minimum atomic E-state index is -0.879. The van der Waals surface area contributed by atoms with Crippen molar-refractivity contribution in [1.29, 1.82) is 0 Å². The van der Waals surface area contributed by atoms with Gasteiger partial charge in [0.15, 0.2) is 0 Å². The number of nitrogens with one attached hydrogen (secondary N) is 1. The van der Waals surface area contributed by atoms with Gasteiger partial charge in [0.2, 0.25) is 0 Å². The lowest BCUT2D eigenvalue weighted by Gasteiger charge is -2.29. The summed E-state index contributed by atoms with van der Waals surface area (Å²) in [5.41, 5.74) is 0. The summed E-state index contributed by atoms with van der Waals surface area (Å²) in [6.45, 7) is 3.55. The Bertz CT molecular complexity index is 221. The van der Waals surface area contributed by atoms with Gasteiger partial charge in [0, 0.05) is 19.1 Å². The maximum Gasteiger partial charge on any atom is 0.125 e. The molecule has 0 bridgehead atoms. The molecule has 4 N–H and O–H groups in total. The molecule has 5 nitrogen and oxygen atoms in total. The van der Waals surface area contributed by atoms with Gasteiger partial charge in [-0.2, -0.15) is 0 Å². The molecule has 0 saturated carbocycles. The van der Waals surface area contributed by atoms with Gasteiger partial charge in [0.25, 0.3) is 0 Å². The van der Waals surface area contributed by atoms with Crippen molar-refractivity contribution >= 4 is 0 Å². The van der Waals surface area contributed by atoms with Crippen LogP contribution in [0.1, 0.15) is 19.8 Å². The van der Waals surface area contributed by atoms with Crippen LogP contribution < -0.4 is 5.32 Å². The summed E-state index contributed by atoms with van der Waals surface area (Å²) in [5, 5.41) is 32.4. The third-order valence-corrected chi connectivity index (χ3v) is 3.52. The first-order valence-corrected chi connectivity index (χ1v) is 5.65. The van der Waals surface area contributed by atoms with Gasteiger partial charge in [-0.1, -0.05) is 0 Å². The zero-order valence-corrected chi connectivity index (χ0v) is 9.00. The molecule has 2 saturated heterocycles. The minimum absolute atomic E-state index is 0.165. The topological polar surface area (TPSA) is 76.0 Å². The molecule has 15 heavy (non-hydrogen) atoms. The largest absolute Gasteiger partial charge is 0.389 e. The van der Waals surface area contributed by atoms with Crippen molar-refractivity contribution in [3.63, 3.8) is 0 Å². The molecule has 0 amide bonds.